The Morgan fingerprint density at radius 2 is 1.67 bits per heavy atom. The highest BCUT2D eigenvalue weighted by molar-refractivity contribution is 5.79. The third kappa shape index (κ3) is 5.51. The predicted octanol–water partition coefficient (Wildman–Crippen LogP) is 2.76. The SMILES string of the molecule is CN=C(NCCc1ccccc1F)NCc1cc(OC)c(OC)c(OC)c1. The molecule has 146 valence electrons. The molecule has 0 aliphatic heterocycles. The number of guanidine groups is 1. The van der Waals surface area contributed by atoms with Gasteiger partial charge in [-0.3, -0.25) is 4.99 Å². The van der Waals surface area contributed by atoms with E-state index in [1.165, 1.54) is 6.07 Å². The molecule has 0 atom stereocenters. The van der Waals surface area contributed by atoms with Gasteiger partial charge in [-0.05, 0) is 35.7 Å². The highest BCUT2D eigenvalue weighted by atomic mass is 19.1. The molecule has 2 aromatic carbocycles. The van der Waals surface area contributed by atoms with E-state index in [0.29, 0.717) is 48.3 Å². The summed E-state index contributed by atoms with van der Waals surface area (Å²) in [5, 5.41) is 6.40. The Balaban J connectivity index is 1.95. The maximum Gasteiger partial charge on any atom is 0.203 e. The van der Waals surface area contributed by atoms with Crippen LogP contribution in [0.25, 0.3) is 0 Å². The molecule has 7 heteroatoms. The molecule has 0 saturated carbocycles. The molecular weight excluding hydrogens is 349 g/mol. The summed E-state index contributed by atoms with van der Waals surface area (Å²) < 4.78 is 29.7. The first-order valence-electron chi connectivity index (χ1n) is 8.59. The molecule has 0 unspecified atom stereocenters. The van der Waals surface area contributed by atoms with Crippen LogP contribution in [-0.4, -0.2) is 40.9 Å². The van der Waals surface area contributed by atoms with Crippen LogP contribution in [-0.2, 0) is 13.0 Å². The normalized spacial score (nSPS) is 11.1. The first-order valence-corrected chi connectivity index (χ1v) is 8.59. The Kier molecular flexibility index (Phi) is 7.73. The maximum absolute atomic E-state index is 13.7. The summed E-state index contributed by atoms with van der Waals surface area (Å²) in [6, 6.07) is 10.5. The quantitative estimate of drug-likeness (QED) is 0.549. The van der Waals surface area contributed by atoms with Crippen LogP contribution >= 0.6 is 0 Å². The molecule has 0 aliphatic carbocycles. The van der Waals surface area contributed by atoms with Crippen LogP contribution in [0.3, 0.4) is 0 Å². The van der Waals surface area contributed by atoms with Crippen LogP contribution in [0.1, 0.15) is 11.1 Å². The van der Waals surface area contributed by atoms with Gasteiger partial charge in [0.2, 0.25) is 5.75 Å². The molecule has 0 aromatic heterocycles. The van der Waals surface area contributed by atoms with Crippen molar-refractivity contribution in [3.63, 3.8) is 0 Å². The molecule has 6 nitrogen and oxygen atoms in total. The number of hydrogen-bond donors (Lipinski definition) is 2. The molecule has 0 bridgehead atoms. The molecule has 0 heterocycles. The van der Waals surface area contributed by atoms with E-state index in [-0.39, 0.29) is 5.82 Å². The fourth-order valence-corrected chi connectivity index (χ4v) is 2.66. The van der Waals surface area contributed by atoms with Crippen LogP contribution < -0.4 is 24.8 Å². The summed E-state index contributed by atoms with van der Waals surface area (Å²) in [7, 11) is 6.42. The minimum atomic E-state index is -0.195. The number of rotatable bonds is 8. The van der Waals surface area contributed by atoms with Crippen LogP contribution in [0.4, 0.5) is 4.39 Å². The third-order valence-electron chi connectivity index (χ3n) is 4.05. The topological polar surface area (TPSA) is 64.1 Å². The van der Waals surface area contributed by atoms with Crippen molar-refractivity contribution in [3.8, 4) is 17.2 Å². The number of aliphatic imine (C=N–C) groups is 1. The minimum Gasteiger partial charge on any atom is -0.493 e. The molecule has 0 fully saturated rings. The third-order valence-corrected chi connectivity index (χ3v) is 4.05. The Labute approximate surface area is 159 Å². The van der Waals surface area contributed by atoms with Gasteiger partial charge < -0.3 is 24.8 Å². The average Bonchev–Trinajstić information content (AvgIpc) is 2.70. The lowest BCUT2D eigenvalue weighted by Gasteiger charge is -2.16. The van der Waals surface area contributed by atoms with Crippen LogP contribution in [0.2, 0.25) is 0 Å². The zero-order chi connectivity index (χ0) is 19.6. The Morgan fingerprint density at radius 3 is 2.22 bits per heavy atom. The van der Waals surface area contributed by atoms with Gasteiger partial charge in [0, 0.05) is 20.1 Å². The second kappa shape index (κ2) is 10.3. The van der Waals surface area contributed by atoms with Crippen LogP contribution in [0.15, 0.2) is 41.4 Å². The van der Waals surface area contributed by atoms with Gasteiger partial charge in [-0.25, -0.2) is 4.39 Å². The summed E-state index contributed by atoms with van der Waals surface area (Å²) >= 11 is 0. The number of hydrogen-bond acceptors (Lipinski definition) is 4. The van der Waals surface area contributed by atoms with Gasteiger partial charge in [0.1, 0.15) is 5.82 Å². The van der Waals surface area contributed by atoms with E-state index in [4.69, 9.17) is 14.2 Å². The fraction of sp³-hybridized carbons (Fsp3) is 0.350. The van der Waals surface area contributed by atoms with Crippen molar-refractivity contribution in [1.29, 1.82) is 0 Å². The first-order chi connectivity index (χ1) is 13.1. The van der Waals surface area contributed by atoms with E-state index in [9.17, 15) is 4.39 Å². The monoisotopic (exact) mass is 375 g/mol. The lowest BCUT2D eigenvalue weighted by atomic mass is 10.1. The molecule has 2 rings (SSSR count). The van der Waals surface area contributed by atoms with Crippen molar-refractivity contribution in [2.75, 3.05) is 34.9 Å². The van der Waals surface area contributed by atoms with Gasteiger partial charge in [0.05, 0.1) is 21.3 Å². The highest BCUT2D eigenvalue weighted by Gasteiger charge is 2.13. The number of benzene rings is 2. The minimum absolute atomic E-state index is 0.195. The van der Waals surface area contributed by atoms with Gasteiger partial charge in [-0.1, -0.05) is 18.2 Å². The molecule has 2 aromatic rings. The van der Waals surface area contributed by atoms with E-state index < -0.39 is 0 Å². The number of nitrogens with one attached hydrogen (secondary N) is 2. The Hall–Kier alpha value is -2.96. The van der Waals surface area contributed by atoms with Crippen molar-refractivity contribution < 1.29 is 18.6 Å². The lowest BCUT2D eigenvalue weighted by molar-refractivity contribution is 0.323. The van der Waals surface area contributed by atoms with Crippen LogP contribution in [0, 0.1) is 5.82 Å². The van der Waals surface area contributed by atoms with Gasteiger partial charge in [0.25, 0.3) is 0 Å². The average molecular weight is 375 g/mol. The number of methoxy groups -OCH3 is 3. The lowest BCUT2D eigenvalue weighted by Crippen LogP contribution is -2.37. The number of ether oxygens (including phenoxy) is 3. The Morgan fingerprint density at radius 1 is 1.00 bits per heavy atom. The molecule has 0 spiro atoms. The molecule has 2 N–H and O–H groups in total. The van der Waals surface area contributed by atoms with E-state index in [0.717, 1.165) is 5.56 Å². The zero-order valence-electron chi connectivity index (χ0n) is 16.1. The molecule has 0 radical (unpaired) electrons. The van der Waals surface area contributed by atoms with Gasteiger partial charge in [0.15, 0.2) is 17.5 Å². The molecular formula is C20H26FN3O3. The van der Waals surface area contributed by atoms with E-state index in [2.05, 4.69) is 15.6 Å². The van der Waals surface area contributed by atoms with Gasteiger partial charge >= 0.3 is 0 Å². The molecule has 0 aliphatic rings. The highest BCUT2D eigenvalue weighted by Crippen LogP contribution is 2.38. The molecule has 0 saturated heterocycles. The summed E-state index contributed by atoms with van der Waals surface area (Å²) in [6.07, 6.45) is 0.567. The van der Waals surface area contributed by atoms with Gasteiger partial charge in [-0.2, -0.15) is 0 Å². The zero-order valence-corrected chi connectivity index (χ0v) is 16.1. The predicted molar refractivity (Wildman–Crippen MR) is 104 cm³/mol. The first kappa shape index (κ1) is 20.4. The summed E-state index contributed by atoms with van der Waals surface area (Å²) in [4.78, 5) is 4.19. The van der Waals surface area contributed by atoms with Crippen molar-refractivity contribution in [2.45, 2.75) is 13.0 Å². The van der Waals surface area contributed by atoms with E-state index >= 15 is 0 Å². The molecule has 27 heavy (non-hydrogen) atoms. The van der Waals surface area contributed by atoms with E-state index in [1.54, 1.807) is 40.5 Å². The van der Waals surface area contributed by atoms with Crippen molar-refractivity contribution in [1.82, 2.24) is 10.6 Å². The summed E-state index contributed by atoms with van der Waals surface area (Å²) in [6.45, 7) is 1.08. The van der Waals surface area contributed by atoms with Gasteiger partial charge in [-0.15, -0.1) is 0 Å². The number of nitrogens with zero attached hydrogens (tertiary/aromatic N) is 1. The van der Waals surface area contributed by atoms with Crippen molar-refractivity contribution in [3.05, 3.63) is 53.3 Å². The second-order valence-electron chi connectivity index (χ2n) is 5.73. The Bertz CT molecular complexity index is 756. The van der Waals surface area contributed by atoms with Crippen molar-refractivity contribution >= 4 is 5.96 Å². The smallest absolute Gasteiger partial charge is 0.203 e. The van der Waals surface area contributed by atoms with Crippen molar-refractivity contribution in [2.24, 2.45) is 4.99 Å². The summed E-state index contributed by atoms with van der Waals surface area (Å²) in [5.74, 6) is 2.17. The van der Waals surface area contributed by atoms with Crippen LogP contribution in [0.5, 0.6) is 17.2 Å². The maximum atomic E-state index is 13.7. The largest absolute Gasteiger partial charge is 0.493 e. The fourth-order valence-electron chi connectivity index (χ4n) is 2.66. The summed E-state index contributed by atoms with van der Waals surface area (Å²) in [5.41, 5.74) is 1.62. The second-order valence-corrected chi connectivity index (χ2v) is 5.73. The van der Waals surface area contributed by atoms with E-state index in [1.807, 2.05) is 18.2 Å². The standard InChI is InChI=1S/C20H26FN3O3/c1-22-20(23-10-9-15-7-5-6-8-16(15)21)24-13-14-11-17(25-2)19(27-4)18(12-14)26-3/h5-8,11-12H,9-10,13H2,1-4H3,(H2,22,23,24). The molecule has 0 amide bonds. The number of halogens is 1.